The molecule has 0 fully saturated rings. The first-order valence-electron chi connectivity index (χ1n) is 10.5. The molecule has 3 rings (SSSR count). The van der Waals surface area contributed by atoms with Crippen LogP contribution in [0.15, 0.2) is 59.0 Å². The molecule has 1 atom stereocenters. The topological polar surface area (TPSA) is 77.2 Å². The molecule has 0 spiro atoms. The van der Waals surface area contributed by atoms with E-state index < -0.39 is 0 Å². The van der Waals surface area contributed by atoms with Crippen molar-refractivity contribution < 1.29 is 14.0 Å². The van der Waals surface area contributed by atoms with E-state index in [-0.39, 0.29) is 5.92 Å². The summed E-state index contributed by atoms with van der Waals surface area (Å²) in [7, 11) is 0. The predicted octanol–water partition coefficient (Wildman–Crippen LogP) is 4.74. The van der Waals surface area contributed by atoms with Crippen LogP contribution >= 0.6 is 0 Å². The Morgan fingerprint density at radius 2 is 1.77 bits per heavy atom. The van der Waals surface area contributed by atoms with E-state index in [1.54, 1.807) is 0 Å². The summed E-state index contributed by atoms with van der Waals surface area (Å²) in [5.74, 6) is 1.58. The number of aromatic nitrogens is 2. The predicted molar refractivity (Wildman–Crippen MR) is 115 cm³/mol. The van der Waals surface area contributed by atoms with E-state index in [4.69, 9.17) is 9.25 Å². The van der Waals surface area contributed by atoms with E-state index in [1.165, 1.54) is 18.4 Å². The zero-order valence-electron chi connectivity index (χ0n) is 17.4. The van der Waals surface area contributed by atoms with Crippen LogP contribution in [0.5, 0.6) is 0 Å². The van der Waals surface area contributed by atoms with Crippen molar-refractivity contribution in [2.75, 3.05) is 0 Å². The molecule has 6 nitrogen and oxygen atoms in total. The highest BCUT2D eigenvalue weighted by molar-refractivity contribution is 5.43. The highest BCUT2D eigenvalue weighted by Crippen LogP contribution is 2.27. The van der Waals surface area contributed by atoms with Gasteiger partial charge in [-0.1, -0.05) is 80.8 Å². The second kappa shape index (κ2) is 11.9. The molecule has 0 aliphatic rings. The molecule has 0 bridgehead atoms. The zero-order valence-corrected chi connectivity index (χ0v) is 17.4. The summed E-state index contributed by atoms with van der Waals surface area (Å²) in [6.45, 7) is 2.55. The van der Waals surface area contributed by atoms with Gasteiger partial charge >= 0.3 is 0 Å². The largest absolute Gasteiger partial charge is 0.425 e. The second-order valence-corrected chi connectivity index (χ2v) is 7.43. The molecule has 6 heteroatoms. The van der Waals surface area contributed by atoms with Crippen molar-refractivity contribution in [2.45, 2.75) is 58.0 Å². The number of hydroxylamine groups is 1. The summed E-state index contributed by atoms with van der Waals surface area (Å²) in [6, 6.07) is 18.4. The number of benzene rings is 2. The molecule has 0 radical (unpaired) electrons. The van der Waals surface area contributed by atoms with E-state index in [2.05, 4.69) is 46.9 Å². The van der Waals surface area contributed by atoms with Crippen LogP contribution in [-0.4, -0.2) is 16.6 Å². The summed E-state index contributed by atoms with van der Waals surface area (Å²) < 4.78 is 6.06. The third-order valence-electron chi connectivity index (χ3n) is 5.06. The maximum atomic E-state index is 10.3. The molecule has 1 heterocycles. The van der Waals surface area contributed by atoms with Crippen molar-refractivity contribution >= 4 is 6.41 Å². The number of carbonyl (C=O) groups excluding carboxylic acids is 1. The van der Waals surface area contributed by atoms with Crippen LogP contribution in [0.2, 0.25) is 0 Å². The van der Waals surface area contributed by atoms with Crippen LogP contribution in [-0.2, 0) is 29.1 Å². The molecule has 30 heavy (non-hydrogen) atoms. The minimum absolute atomic E-state index is 0.201. The summed E-state index contributed by atoms with van der Waals surface area (Å²) in [6.07, 6.45) is 6.56. The Kier molecular flexibility index (Phi) is 8.60. The van der Waals surface area contributed by atoms with E-state index in [1.807, 2.05) is 30.3 Å². The number of hydrogen-bond acceptors (Lipinski definition) is 5. The Balaban J connectivity index is 1.66. The van der Waals surface area contributed by atoms with Gasteiger partial charge in [-0.25, -0.2) is 5.48 Å². The number of nitrogens with one attached hydrogen (secondary N) is 1. The maximum absolute atomic E-state index is 10.3. The molecular formula is C24H29N3O3. The van der Waals surface area contributed by atoms with Gasteiger partial charge in [-0.2, -0.15) is 0 Å². The first kappa shape index (κ1) is 21.7. The molecular weight excluding hydrogens is 378 g/mol. The van der Waals surface area contributed by atoms with Gasteiger partial charge in [0.15, 0.2) is 0 Å². The van der Waals surface area contributed by atoms with Gasteiger partial charge < -0.3 is 4.42 Å². The third kappa shape index (κ3) is 6.81. The molecule has 1 N–H and O–H groups in total. The highest BCUT2D eigenvalue weighted by Gasteiger charge is 2.19. The highest BCUT2D eigenvalue weighted by atomic mass is 16.6. The van der Waals surface area contributed by atoms with Gasteiger partial charge in [0.1, 0.15) is 0 Å². The van der Waals surface area contributed by atoms with Gasteiger partial charge in [-0.3, -0.25) is 9.63 Å². The molecule has 0 aliphatic heterocycles. The van der Waals surface area contributed by atoms with Gasteiger partial charge in [0.25, 0.3) is 0 Å². The maximum Gasteiger partial charge on any atom is 0.230 e. The van der Waals surface area contributed by atoms with Gasteiger partial charge in [-0.05, 0) is 29.5 Å². The van der Waals surface area contributed by atoms with Crippen LogP contribution in [0.3, 0.4) is 0 Å². The lowest BCUT2D eigenvalue weighted by atomic mass is 9.93. The Morgan fingerprint density at radius 3 is 2.50 bits per heavy atom. The lowest BCUT2D eigenvalue weighted by molar-refractivity contribution is -0.121. The normalized spacial score (nSPS) is 11.9. The van der Waals surface area contributed by atoms with Gasteiger partial charge in [0, 0.05) is 5.92 Å². The Bertz CT molecular complexity index is 878. The zero-order chi connectivity index (χ0) is 21.0. The monoisotopic (exact) mass is 407 g/mol. The Hall–Kier alpha value is -2.99. The average molecular weight is 408 g/mol. The number of unbranched alkanes of at least 4 members (excludes halogenated alkanes) is 2. The van der Waals surface area contributed by atoms with Crippen molar-refractivity contribution in [3.05, 3.63) is 83.1 Å². The summed E-state index contributed by atoms with van der Waals surface area (Å²) in [4.78, 5) is 15.3. The van der Waals surface area contributed by atoms with Crippen molar-refractivity contribution in [2.24, 2.45) is 0 Å². The molecule has 0 saturated heterocycles. The van der Waals surface area contributed by atoms with E-state index >= 15 is 0 Å². The first-order valence-corrected chi connectivity index (χ1v) is 10.5. The van der Waals surface area contributed by atoms with Crippen molar-refractivity contribution in [3.63, 3.8) is 0 Å². The van der Waals surface area contributed by atoms with Crippen molar-refractivity contribution in [1.82, 2.24) is 15.7 Å². The summed E-state index contributed by atoms with van der Waals surface area (Å²) in [5.41, 5.74) is 5.58. The molecule has 3 aromatic rings. The third-order valence-corrected chi connectivity index (χ3v) is 5.06. The molecule has 1 aromatic heterocycles. The quantitative estimate of drug-likeness (QED) is 0.251. The van der Waals surface area contributed by atoms with Crippen LogP contribution in [0, 0.1) is 0 Å². The van der Waals surface area contributed by atoms with Gasteiger partial charge in [-0.15, -0.1) is 10.2 Å². The number of amides is 1. The Morgan fingerprint density at radius 1 is 1.00 bits per heavy atom. The fraction of sp³-hybridized carbons (Fsp3) is 0.375. The van der Waals surface area contributed by atoms with Crippen LogP contribution in [0.4, 0.5) is 0 Å². The fourth-order valence-corrected chi connectivity index (χ4v) is 3.44. The molecule has 0 unspecified atom stereocenters. The van der Waals surface area contributed by atoms with Crippen LogP contribution < -0.4 is 5.48 Å². The van der Waals surface area contributed by atoms with E-state index in [0.717, 1.165) is 36.3 Å². The minimum Gasteiger partial charge on any atom is -0.425 e. The lowest BCUT2D eigenvalue weighted by Crippen LogP contribution is -2.11. The van der Waals surface area contributed by atoms with Crippen molar-refractivity contribution in [1.29, 1.82) is 0 Å². The first-order chi connectivity index (χ1) is 14.8. The molecule has 2 aromatic carbocycles. The number of rotatable bonds is 13. The second-order valence-electron chi connectivity index (χ2n) is 7.43. The molecule has 0 saturated carbocycles. The lowest BCUT2D eigenvalue weighted by Gasteiger charge is -2.13. The Labute approximate surface area is 177 Å². The van der Waals surface area contributed by atoms with Crippen LogP contribution in [0.1, 0.15) is 67.0 Å². The van der Waals surface area contributed by atoms with Gasteiger partial charge in [0.05, 0.1) is 13.0 Å². The van der Waals surface area contributed by atoms with Gasteiger partial charge in [0.2, 0.25) is 18.2 Å². The average Bonchev–Trinajstić information content (AvgIpc) is 3.23. The molecule has 0 aliphatic carbocycles. The minimum atomic E-state index is 0.201. The number of carbonyl (C=O) groups is 1. The molecule has 1 amide bonds. The standard InChI is InChI=1S/C24H29N3O3/c1-2-3-5-10-22(15-20-11-13-21(14-12-20)17-29-25-18-28)24-27-26-23(30-24)16-19-8-6-4-7-9-19/h4,6-9,11-14,18,22H,2-3,5,10,15-17H2,1H3,(H,25,28)/t22-/m1/s1. The van der Waals surface area contributed by atoms with Crippen LogP contribution in [0.25, 0.3) is 0 Å². The van der Waals surface area contributed by atoms with E-state index in [0.29, 0.717) is 25.3 Å². The number of nitrogens with zero attached hydrogens (tertiary/aromatic N) is 2. The smallest absolute Gasteiger partial charge is 0.230 e. The fourth-order valence-electron chi connectivity index (χ4n) is 3.44. The van der Waals surface area contributed by atoms with E-state index in [9.17, 15) is 4.79 Å². The number of hydrogen-bond donors (Lipinski definition) is 1. The van der Waals surface area contributed by atoms with Crippen molar-refractivity contribution in [3.8, 4) is 0 Å². The SMILES string of the molecule is CCCCC[C@H](Cc1ccc(CONC=O)cc1)c1nnc(Cc2ccccc2)o1. The molecule has 158 valence electrons. The summed E-state index contributed by atoms with van der Waals surface area (Å²) in [5, 5.41) is 8.67. The summed E-state index contributed by atoms with van der Waals surface area (Å²) >= 11 is 0.